The predicted octanol–water partition coefficient (Wildman–Crippen LogP) is 0.128. The Kier molecular flexibility index (Phi) is 7.26. The van der Waals surface area contributed by atoms with E-state index < -0.39 is 54.4 Å². The van der Waals surface area contributed by atoms with Crippen LogP contribution in [0.5, 0.6) is 0 Å². The third-order valence-corrected chi connectivity index (χ3v) is 4.89. The van der Waals surface area contributed by atoms with Gasteiger partial charge in [0.2, 0.25) is 0 Å². The number of nitrogens with zero attached hydrogens (tertiary/aromatic N) is 1. The van der Waals surface area contributed by atoms with Gasteiger partial charge in [0.25, 0.3) is 5.56 Å². The van der Waals surface area contributed by atoms with E-state index in [4.69, 9.17) is 36.5 Å². The average Bonchev–Trinajstić information content (AvgIpc) is 2.90. The van der Waals surface area contributed by atoms with Crippen LogP contribution in [0.3, 0.4) is 0 Å². The van der Waals surface area contributed by atoms with E-state index in [1.165, 1.54) is 7.11 Å². The molecule has 0 radical (unpaired) electrons. The lowest BCUT2D eigenvalue weighted by atomic mass is 10.1. The van der Waals surface area contributed by atoms with E-state index in [-0.39, 0.29) is 12.0 Å². The molecule has 0 saturated carbocycles. The Labute approximate surface area is 162 Å². The summed E-state index contributed by atoms with van der Waals surface area (Å²) in [5, 5.41) is 10.3. The first kappa shape index (κ1) is 22.1. The number of esters is 1. The Hall–Kier alpha value is -1.20. The van der Waals surface area contributed by atoms with Gasteiger partial charge in [0.05, 0.1) is 20.1 Å². The number of halogens is 2. The number of nitrogens with one attached hydrogen (secondary N) is 1. The van der Waals surface area contributed by atoms with E-state index >= 15 is 0 Å². The normalized spacial score (nSPS) is 25.5. The number of hydrogen-bond donors (Lipinski definition) is 2. The minimum absolute atomic E-state index is 0.0555. The predicted molar refractivity (Wildman–Crippen MR) is 93.0 cm³/mol. The topological polar surface area (TPSA) is 146 Å². The molecular weight excluding hydrogens is 430 g/mol. The summed E-state index contributed by atoms with van der Waals surface area (Å²) in [4.78, 5) is 37.5. The second-order valence-corrected chi connectivity index (χ2v) is 9.82. The van der Waals surface area contributed by atoms with Gasteiger partial charge < -0.3 is 23.8 Å². The molecule has 2 rings (SSSR count). The van der Waals surface area contributed by atoms with Crippen molar-refractivity contribution in [2.24, 2.45) is 0 Å². The highest BCUT2D eigenvalue weighted by molar-refractivity contribution is 8.05. The maximum Gasteiger partial charge on any atom is 0.380 e. The molecule has 0 aliphatic carbocycles. The van der Waals surface area contributed by atoms with Crippen LogP contribution in [-0.2, 0) is 34.5 Å². The number of hydrogen-bond acceptors (Lipinski definition) is 9. The van der Waals surface area contributed by atoms with Crippen LogP contribution in [0, 0.1) is 0 Å². The summed E-state index contributed by atoms with van der Waals surface area (Å²) in [7, 11) is 2.43. The van der Waals surface area contributed by atoms with Crippen molar-refractivity contribution in [3.8, 4) is 0 Å². The van der Waals surface area contributed by atoms with Crippen LogP contribution >= 0.6 is 28.6 Å². The molecule has 1 fully saturated rings. The molecule has 0 aromatic carbocycles. The Balaban J connectivity index is 2.33. The molecule has 11 nitrogen and oxygen atoms in total. The summed E-state index contributed by atoms with van der Waals surface area (Å²) in [6, 6.07) is 0. The second kappa shape index (κ2) is 8.87. The fourth-order valence-electron chi connectivity index (χ4n) is 2.56. The smallest absolute Gasteiger partial charge is 0.380 e. The molecule has 0 bridgehead atoms. The lowest BCUT2D eigenvalue weighted by Crippen LogP contribution is -2.40. The van der Waals surface area contributed by atoms with Gasteiger partial charge in [-0.15, -0.1) is 0 Å². The van der Waals surface area contributed by atoms with Gasteiger partial charge in [0, 0.05) is 18.9 Å². The number of methoxy groups -OCH3 is 2. The molecule has 0 spiro atoms. The van der Waals surface area contributed by atoms with Crippen molar-refractivity contribution >= 4 is 34.5 Å². The zero-order valence-electron chi connectivity index (χ0n) is 14.2. The molecule has 1 saturated heterocycles. The maximum absolute atomic E-state index is 12.2. The molecule has 27 heavy (non-hydrogen) atoms. The van der Waals surface area contributed by atoms with Gasteiger partial charge in [-0.1, -0.05) is 0 Å². The van der Waals surface area contributed by atoms with Crippen molar-refractivity contribution in [1.82, 2.24) is 9.55 Å². The highest BCUT2D eigenvalue weighted by Gasteiger charge is 2.46. The maximum atomic E-state index is 12.2. The standard InChI is InChI=1S/C13H17Cl2N2O9P/c1-23-8(18)3-6-4-17(13(21)16-11(6)20)12-10(24-2)9(19)7(26-12)5-25-27(14,15)22/h4,7,9-10,12,19H,3,5H2,1-2H3,(H,16,20,21)/t7-,9+,10+,12-/m1/s1. The second-order valence-electron chi connectivity index (χ2n) is 5.54. The molecule has 14 heteroatoms. The van der Waals surface area contributed by atoms with Gasteiger partial charge >= 0.3 is 17.7 Å². The summed E-state index contributed by atoms with van der Waals surface area (Å²) in [5.74, 6) is -0.687. The highest BCUT2D eigenvalue weighted by Crippen LogP contribution is 2.57. The summed E-state index contributed by atoms with van der Waals surface area (Å²) in [6.07, 6.45) is -7.72. The first-order chi connectivity index (χ1) is 12.6. The van der Waals surface area contributed by atoms with E-state index in [9.17, 15) is 24.1 Å². The van der Waals surface area contributed by atoms with Crippen LogP contribution in [0.25, 0.3) is 0 Å². The van der Waals surface area contributed by atoms with E-state index in [0.717, 1.165) is 17.9 Å². The van der Waals surface area contributed by atoms with E-state index in [1.807, 2.05) is 0 Å². The van der Waals surface area contributed by atoms with Crippen LogP contribution in [0.4, 0.5) is 0 Å². The number of aliphatic hydroxyl groups excluding tert-OH is 1. The van der Waals surface area contributed by atoms with Gasteiger partial charge in [0.15, 0.2) is 6.23 Å². The van der Waals surface area contributed by atoms with Gasteiger partial charge in [0.1, 0.15) is 18.3 Å². The summed E-state index contributed by atoms with van der Waals surface area (Å²) >= 11 is 10.6. The van der Waals surface area contributed by atoms with Gasteiger partial charge in [-0.3, -0.25) is 23.7 Å². The molecule has 2 N–H and O–H groups in total. The van der Waals surface area contributed by atoms with Crippen molar-refractivity contribution in [3.05, 3.63) is 32.6 Å². The van der Waals surface area contributed by atoms with Crippen LogP contribution in [0.15, 0.2) is 15.8 Å². The molecule has 2 heterocycles. The van der Waals surface area contributed by atoms with Crippen molar-refractivity contribution in [1.29, 1.82) is 0 Å². The van der Waals surface area contributed by atoms with Gasteiger partial charge in [-0.05, 0) is 22.5 Å². The summed E-state index contributed by atoms with van der Waals surface area (Å²) < 4.78 is 32.2. The minimum atomic E-state index is -3.86. The molecule has 152 valence electrons. The van der Waals surface area contributed by atoms with Crippen molar-refractivity contribution in [2.45, 2.75) is 31.0 Å². The molecule has 1 aliphatic rings. The van der Waals surface area contributed by atoms with Crippen LogP contribution < -0.4 is 11.2 Å². The van der Waals surface area contributed by atoms with Crippen molar-refractivity contribution in [2.75, 3.05) is 20.8 Å². The van der Waals surface area contributed by atoms with Crippen LogP contribution in [0.2, 0.25) is 0 Å². The lowest BCUT2D eigenvalue weighted by molar-refractivity contribution is -0.139. The molecule has 4 atom stereocenters. The summed E-state index contributed by atoms with van der Waals surface area (Å²) in [5.41, 5.74) is -1.67. The third-order valence-electron chi connectivity index (χ3n) is 3.85. The van der Waals surface area contributed by atoms with E-state index in [1.54, 1.807) is 0 Å². The zero-order chi connectivity index (χ0) is 20.4. The SMILES string of the molecule is COC(=O)Cc1cn([C@@H]2O[C@H](COP(=O)(Cl)Cl)[C@H](O)[C@@H]2OC)c(=O)[nH]c1=O. The van der Waals surface area contributed by atoms with Crippen LogP contribution in [-0.4, -0.2) is 59.8 Å². The fourth-order valence-corrected chi connectivity index (χ4v) is 3.22. The number of carbonyl (C=O) groups excluding carboxylic acids is 1. The molecular formula is C13H17Cl2N2O9P. The Morgan fingerprint density at radius 1 is 1.41 bits per heavy atom. The van der Waals surface area contributed by atoms with E-state index in [2.05, 4.69) is 9.72 Å². The monoisotopic (exact) mass is 446 g/mol. The summed E-state index contributed by atoms with van der Waals surface area (Å²) in [6.45, 7) is -0.436. The Morgan fingerprint density at radius 2 is 2.07 bits per heavy atom. The number of aromatic amines is 1. The molecule has 1 aromatic rings. The third kappa shape index (κ3) is 5.41. The number of aliphatic hydroxyl groups is 1. The number of aromatic nitrogens is 2. The first-order valence-corrected chi connectivity index (χ1v) is 10.9. The highest BCUT2D eigenvalue weighted by atomic mass is 35.9. The van der Waals surface area contributed by atoms with Crippen molar-refractivity contribution < 1.29 is 33.2 Å². The number of ether oxygens (including phenoxy) is 3. The molecule has 0 amide bonds. The number of H-pyrrole nitrogens is 1. The van der Waals surface area contributed by atoms with Gasteiger partial charge in [-0.2, -0.15) is 0 Å². The Morgan fingerprint density at radius 3 is 2.63 bits per heavy atom. The molecule has 0 unspecified atom stereocenters. The van der Waals surface area contributed by atoms with Gasteiger partial charge in [-0.25, -0.2) is 4.79 Å². The molecule has 1 aliphatic heterocycles. The van der Waals surface area contributed by atoms with E-state index in [0.29, 0.717) is 0 Å². The van der Waals surface area contributed by atoms with Crippen molar-refractivity contribution in [3.63, 3.8) is 0 Å². The minimum Gasteiger partial charge on any atom is -0.469 e. The zero-order valence-corrected chi connectivity index (χ0v) is 16.6. The number of carbonyl (C=O) groups is 1. The first-order valence-electron chi connectivity index (χ1n) is 7.48. The van der Waals surface area contributed by atoms with Crippen LogP contribution in [0.1, 0.15) is 11.8 Å². The largest absolute Gasteiger partial charge is 0.469 e. The fraction of sp³-hybridized carbons (Fsp3) is 0.615. The lowest BCUT2D eigenvalue weighted by Gasteiger charge is -2.20. The molecule has 1 aromatic heterocycles. The average molecular weight is 447 g/mol. The number of rotatable bonds is 7. The Bertz CT molecular complexity index is 851. The quantitative estimate of drug-likeness (QED) is 0.440.